The second-order valence-corrected chi connectivity index (χ2v) is 6.29. The molecule has 1 aliphatic heterocycles. The molecule has 0 saturated carbocycles. The summed E-state index contributed by atoms with van der Waals surface area (Å²) in [7, 11) is 1.61. The molecule has 1 fully saturated rings. The van der Waals surface area contributed by atoms with E-state index in [1.54, 1.807) is 12.0 Å². The van der Waals surface area contributed by atoms with E-state index < -0.39 is 12.1 Å². The van der Waals surface area contributed by atoms with E-state index in [0.29, 0.717) is 13.0 Å². The van der Waals surface area contributed by atoms with Crippen molar-refractivity contribution in [3.8, 4) is 0 Å². The van der Waals surface area contributed by atoms with Gasteiger partial charge in [-0.2, -0.15) is 0 Å². The molecule has 1 rings (SSSR count). The molecule has 0 aromatic rings. The van der Waals surface area contributed by atoms with Gasteiger partial charge >= 0.3 is 0 Å². The van der Waals surface area contributed by atoms with Crippen LogP contribution >= 0.6 is 0 Å². The molecule has 5 nitrogen and oxygen atoms in total. The van der Waals surface area contributed by atoms with Gasteiger partial charge in [-0.15, -0.1) is 0 Å². The quantitative estimate of drug-likeness (QED) is 0.834. The SMILES string of the molecule is CCC1NC(=O)C(C(C)(C)C)N(C(C)COC)C1=O. The fraction of sp³-hybridized carbons (Fsp3) is 0.857. The highest BCUT2D eigenvalue weighted by molar-refractivity contribution is 5.97. The Balaban J connectivity index is 3.12. The molecule has 0 spiro atoms. The fourth-order valence-corrected chi connectivity index (χ4v) is 2.63. The summed E-state index contributed by atoms with van der Waals surface area (Å²) in [6, 6.07) is -0.972. The predicted molar refractivity (Wildman–Crippen MR) is 73.6 cm³/mol. The van der Waals surface area contributed by atoms with Crippen molar-refractivity contribution in [2.75, 3.05) is 13.7 Å². The van der Waals surface area contributed by atoms with Crippen molar-refractivity contribution in [3.63, 3.8) is 0 Å². The molecular weight excluding hydrogens is 244 g/mol. The van der Waals surface area contributed by atoms with Gasteiger partial charge in [-0.25, -0.2) is 0 Å². The number of methoxy groups -OCH3 is 1. The number of ether oxygens (including phenoxy) is 1. The van der Waals surface area contributed by atoms with Crippen LogP contribution in [0.3, 0.4) is 0 Å². The average molecular weight is 270 g/mol. The molecule has 19 heavy (non-hydrogen) atoms. The van der Waals surface area contributed by atoms with Crippen molar-refractivity contribution >= 4 is 11.8 Å². The molecule has 1 saturated heterocycles. The van der Waals surface area contributed by atoms with Crippen LogP contribution < -0.4 is 5.32 Å². The number of hydrogen-bond donors (Lipinski definition) is 1. The summed E-state index contributed by atoms with van der Waals surface area (Å²) in [5.74, 6) is -0.0755. The van der Waals surface area contributed by atoms with Gasteiger partial charge in [0.05, 0.1) is 12.6 Å². The molecule has 3 unspecified atom stereocenters. The van der Waals surface area contributed by atoms with Gasteiger partial charge in [0.15, 0.2) is 0 Å². The lowest BCUT2D eigenvalue weighted by molar-refractivity contribution is -0.158. The normalized spacial score (nSPS) is 26.3. The maximum atomic E-state index is 12.5. The maximum Gasteiger partial charge on any atom is 0.246 e. The van der Waals surface area contributed by atoms with Crippen molar-refractivity contribution in [3.05, 3.63) is 0 Å². The highest BCUT2D eigenvalue weighted by Gasteiger charge is 2.47. The third-order valence-corrected chi connectivity index (χ3v) is 3.51. The smallest absolute Gasteiger partial charge is 0.246 e. The first-order chi connectivity index (χ1) is 8.73. The molecule has 110 valence electrons. The number of nitrogens with zero attached hydrogens (tertiary/aromatic N) is 1. The molecule has 1 N–H and O–H groups in total. The zero-order chi connectivity index (χ0) is 14.8. The van der Waals surface area contributed by atoms with E-state index in [9.17, 15) is 9.59 Å². The van der Waals surface area contributed by atoms with Crippen LogP contribution in [-0.2, 0) is 14.3 Å². The van der Waals surface area contributed by atoms with E-state index in [4.69, 9.17) is 4.74 Å². The molecule has 0 aromatic heterocycles. The van der Waals surface area contributed by atoms with Gasteiger partial charge in [-0.05, 0) is 18.8 Å². The maximum absolute atomic E-state index is 12.5. The van der Waals surface area contributed by atoms with Gasteiger partial charge in [-0.3, -0.25) is 9.59 Å². The van der Waals surface area contributed by atoms with Crippen LogP contribution in [-0.4, -0.2) is 48.6 Å². The van der Waals surface area contributed by atoms with Gasteiger partial charge in [-0.1, -0.05) is 27.7 Å². The van der Waals surface area contributed by atoms with E-state index in [2.05, 4.69) is 5.32 Å². The summed E-state index contributed by atoms with van der Waals surface area (Å²) in [6.07, 6.45) is 0.609. The van der Waals surface area contributed by atoms with Crippen molar-refractivity contribution in [1.29, 1.82) is 0 Å². The van der Waals surface area contributed by atoms with Crippen molar-refractivity contribution in [2.45, 2.75) is 59.2 Å². The van der Waals surface area contributed by atoms with E-state index in [1.807, 2.05) is 34.6 Å². The second-order valence-electron chi connectivity index (χ2n) is 6.29. The van der Waals surface area contributed by atoms with E-state index >= 15 is 0 Å². The lowest BCUT2D eigenvalue weighted by Crippen LogP contribution is -2.68. The standard InChI is InChI=1S/C14H26N2O3/c1-7-10-13(18)16(9(2)8-19-6)11(12(17)15-10)14(3,4)5/h9-11H,7-8H2,1-6H3,(H,15,17). The highest BCUT2D eigenvalue weighted by Crippen LogP contribution is 2.29. The van der Waals surface area contributed by atoms with Crippen molar-refractivity contribution in [1.82, 2.24) is 10.2 Å². The first kappa shape index (κ1) is 16.0. The van der Waals surface area contributed by atoms with Crippen molar-refractivity contribution < 1.29 is 14.3 Å². The first-order valence-electron chi connectivity index (χ1n) is 6.85. The number of rotatable bonds is 4. The molecule has 5 heteroatoms. The van der Waals surface area contributed by atoms with E-state index in [1.165, 1.54) is 0 Å². The number of carbonyl (C=O) groups excluding carboxylic acids is 2. The topological polar surface area (TPSA) is 58.6 Å². The van der Waals surface area contributed by atoms with Gasteiger partial charge in [0, 0.05) is 7.11 Å². The van der Waals surface area contributed by atoms with Crippen LogP contribution in [0.2, 0.25) is 0 Å². The Morgan fingerprint density at radius 3 is 2.37 bits per heavy atom. The Morgan fingerprint density at radius 1 is 1.37 bits per heavy atom. The Bertz CT molecular complexity index is 349. The summed E-state index contributed by atoms with van der Waals surface area (Å²) >= 11 is 0. The van der Waals surface area contributed by atoms with Crippen LogP contribution in [0.5, 0.6) is 0 Å². The van der Waals surface area contributed by atoms with Gasteiger partial charge in [0.25, 0.3) is 0 Å². The number of piperazine rings is 1. The average Bonchev–Trinajstić information content (AvgIpc) is 2.29. The van der Waals surface area contributed by atoms with E-state index in [-0.39, 0.29) is 23.3 Å². The third kappa shape index (κ3) is 3.26. The van der Waals surface area contributed by atoms with Crippen LogP contribution in [0.4, 0.5) is 0 Å². The zero-order valence-corrected chi connectivity index (χ0v) is 12.8. The summed E-state index contributed by atoms with van der Waals surface area (Å²) in [4.78, 5) is 26.6. The van der Waals surface area contributed by atoms with Crippen LogP contribution in [0.15, 0.2) is 0 Å². The van der Waals surface area contributed by atoms with E-state index in [0.717, 1.165) is 0 Å². The molecule has 0 aliphatic carbocycles. The molecule has 1 aliphatic rings. The number of hydrogen-bond acceptors (Lipinski definition) is 3. The zero-order valence-electron chi connectivity index (χ0n) is 12.8. The summed E-state index contributed by atoms with van der Waals surface area (Å²) < 4.78 is 5.14. The van der Waals surface area contributed by atoms with Crippen LogP contribution in [0.1, 0.15) is 41.0 Å². The number of carbonyl (C=O) groups is 2. The monoisotopic (exact) mass is 270 g/mol. The minimum absolute atomic E-state index is 0.00780. The summed E-state index contributed by atoms with van der Waals surface area (Å²) in [6.45, 7) is 10.2. The van der Waals surface area contributed by atoms with Gasteiger partial charge in [0.1, 0.15) is 12.1 Å². The molecular formula is C14H26N2O3. The Hall–Kier alpha value is -1.10. The number of amides is 2. The number of nitrogens with one attached hydrogen (secondary N) is 1. The Morgan fingerprint density at radius 2 is 1.95 bits per heavy atom. The molecule has 0 bridgehead atoms. The van der Waals surface area contributed by atoms with Gasteiger partial charge in [0.2, 0.25) is 11.8 Å². The summed E-state index contributed by atoms with van der Waals surface area (Å²) in [5.41, 5.74) is -0.305. The first-order valence-corrected chi connectivity index (χ1v) is 6.85. The lowest BCUT2D eigenvalue weighted by atomic mass is 9.82. The third-order valence-electron chi connectivity index (χ3n) is 3.51. The molecule has 0 radical (unpaired) electrons. The molecule has 1 heterocycles. The molecule has 0 aromatic carbocycles. The Kier molecular flexibility index (Phi) is 4.96. The summed E-state index contributed by atoms with van der Waals surface area (Å²) in [5, 5.41) is 2.83. The largest absolute Gasteiger partial charge is 0.383 e. The molecule has 2 amide bonds. The molecule has 3 atom stereocenters. The fourth-order valence-electron chi connectivity index (χ4n) is 2.63. The van der Waals surface area contributed by atoms with Gasteiger partial charge < -0.3 is 15.0 Å². The minimum atomic E-state index is -0.451. The predicted octanol–water partition coefficient (Wildman–Crippen LogP) is 1.17. The Labute approximate surface area is 115 Å². The minimum Gasteiger partial charge on any atom is -0.383 e. The second kappa shape index (κ2) is 5.90. The highest BCUT2D eigenvalue weighted by atomic mass is 16.5. The van der Waals surface area contributed by atoms with Crippen molar-refractivity contribution in [2.24, 2.45) is 5.41 Å². The lowest BCUT2D eigenvalue weighted by Gasteiger charge is -2.47. The van der Waals surface area contributed by atoms with Crippen LogP contribution in [0.25, 0.3) is 0 Å². The van der Waals surface area contributed by atoms with Crippen LogP contribution in [0, 0.1) is 5.41 Å².